The SMILES string of the molecule is CCCCCCCC/C=C\CCCCCCCC(=O)OC(COCCCCCCCCCCCCCCCCCCCCCCCCC)COP(=O)(O)OCC[N+](C)(C)C. The van der Waals surface area contributed by atoms with Gasteiger partial charge in [-0.15, -0.1) is 0 Å². The van der Waals surface area contributed by atoms with Crippen LogP contribution in [0.4, 0.5) is 0 Å². The second-order valence-corrected chi connectivity index (χ2v) is 20.4. The number of allylic oxidation sites excluding steroid dienone is 2. The Morgan fingerprint density at radius 2 is 0.867 bits per heavy atom. The van der Waals surface area contributed by atoms with Crippen LogP contribution in [0.25, 0.3) is 0 Å². The number of likely N-dealkylation sites (N-methyl/N-ethyl adjacent to an activating group) is 1. The van der Waals surface area contributed by atoms with E-state index < -0.39 is 13.9 Å². The molecule has 9 heteroatoms. The van der Waals surface area contributed by atoms with E-state index in [0.29, 0.717) is 24.1 Å². The molecule has 1 N–H and O–H groups in total. The van der Waals surface area contributed by atoms with Crippen LogP contribution in [-0.2, 0) is 27.9 Å². The second-order valence-electron chi connectivity index (χ2n) is 18.9. The van der Waals surface area contributed by atoms with Gasteiger partial charge < -0.3 is 18.9 Å². The number of quaternary nitrogens is 1. The van der Waals surface area contributed by atoms with Crippen molar-refractivity contribution in [2.45, 2.75) is 258 Å². The van der Waals surface area contributed by atoms with Crippen LogP contribution in [0.5, 0.6) is 0 Å². The maximum Gasteiger partial charge on any atom is 0.472 e. The van der Waals surface area contributed by atoms with Gasteiger partial charge in [0.25, 0.3) is 0 Å². The molecule has 0 spiro atoms. The topological polar surface area (TPSA) is 91.3 Å². The molecule has 0 amide bonds. The van der Waals surface area contributed by atoms with Gasteiger partial charge in [-0.05, 0) is 38.5 Å². The van der Waals surface area contributed by atoms with E-state index >= 15 is 0 Å². The fourth-order valence-corrected chi connectivity index (χ4v) is 8.29. The van der Waals surface area contributed by atoms with Gasteiger partial charge in [0.1, 0.15) is 19.3 Å². The first kappa shape index (κ1) is 59.2. The first-order valence-electron chi connectivity index (χ1n) is 25.9. The highest BCUT2D eigenvalue weighted by Crippen LogP contribution is 2.43. The number of esters is 1. The van der Waals surface area contributed by atoms with Crippen molar-refractivity contribution in [1.29, 1.82) is 0 Å². The summed E-state index contributed by atoms with van der Waals surface area (Å²) in [5.41, 5.74) is 0. The van der Waals surface area contributed by atoms with Crippen molar-refractivity contribution in [3.05, 3.63) is 12.2 Å². The molecule has 0 aromatic heterocycles. The summed E-state index contributed by atoms with van der Waals surface area (Å²) in [7, 11) is 1.68. The molecule has 60 heavy (non-hydrogen) atoms. The van der Waals surface area contributed by atoms with Crippen LogP contribution in [0.1, 0.15) is 251 Å². The van der Waals surface area contributed by atoms with Gasteiger partial charge in [-0.3, -0.25) is 13.8 Å². The third-order valence-electron chi connectivity index (χ3n) is 11.6. The lowest BCUT2D eigenvalue weighted by Crippen LogP contribution is -2.37. The lowest BCUT2D eigenvalue weighted by Gasteiger charge is -2.24. The molecule has 0 aliphatic heterocycles. The smallest absolute Gasteiger partial charge is 0.457 e. The molecular weight excluding hydrogens is 770 g/mol. The van der Waals surface area contributed by atoms with Crippen LogP contribution in [0, 0.1) is 0 Å². The average molecular weight is 873 g/mol. The van der Waals surface area contributed by atoms with Crippen LogP contribution >= 0.6 is 7.82 Å². The highest BCUT2D eigenvalue weighted by atomic mass is 31.2. The summed E-state index contributed by atoms with van der Waals surface area (Å²) < 4.78 is 35.1. The number of carbonyl (C=O) groups is 1. The Hall–Kier alpha value is -0.760. The Morgan fingerprint density at radius 3 is 1.27 bits per heavy atom. The maximum absolute atomic E-state index is 12.7. The summed E-state index contributed by atoms with van der Waals surface area (Å²) in [5.74, 6) is -0.317. The van der Waals surface area contributed by atoms with Gasteiger partial charge in [0.05, 0.1) is 34.4 Å². The third-order valence-corrected chi connectivity index (χ3v) is 12.6. The number of unbranched alkanes of at least 4 members (excludes halogenated alkanes) is 33. The zero-order valence-electron chi connectivity index (χ0n) is 40.7. The van der Waals surface area contributed by atoms with Gasteiger partial charge >= 0.3 is 13.8 Å². The van der Waals surface area contributed by atoms with Crippen molar-refractivity contribution in [1.82, 2.24) is 0 Å². The Balaban J connectivity index is 4.06. The summed E-state index contributed by atoms with van der Waals surface area (Å²) in [6.45, 7) is 5.67. The molecule has 0 fully saturated rings. The van der Waals surface area contributed by atoms with E-state index in [-0.39, 0.29) is 25.8 Å². The monoisotopic (exact) mass is 873 g/mol. The second kappa shape index (κ2) is 44.8. The predicted octanol–water partition coefficient (Wildman–Crippen LogP) is 15.8. The zero-order valence-corrected chi connectivity index (χ0v) is 41.6. The molecule has 0 aromatic carbocycles. The lowest BCUT2D eigenvalue weighted by molar-refractivity contribution is -0.870. The third kappa shape index (κ3) is 48.3. The number of rotatable bonds is 49. The minimum Gasteiger partial charge on any atom is -0.457 e. The standard InChI is InChI=1S/C51H102NO7P/c1-6-8-10-12-14-16-18-20-22-23-24-25-26-27-28-29-31-33-35-37-39-41-43-46-56-48-50(49-58-60(54,55)57-47-45-52(3,4)5)59-51(53)44-42-40-38-36-34-32-30-21-19-17-15-13-11-9-7-2/h21,30,50H,6-20,22-29,31-49H2,1-5H3/p+1/b30-21-. The van der Waals surface area contributed by atoms with E-state index in [1.807, 2.05) is 21.1 Å². The average Bonchev–Trinajstić information content (AvgIpc) is 3.20. The zero-order chi connectivity index (χ0) is 44.1. The van der Waals surface area contributed by atoms with Crippen LogP contribution in [0.3, 0.4) is 0 Å². The van der Waals surface area contributed by atoms with Crippen molar-refractivity contribution in [2.75, 3.05) is 54.1 Å². The Labute approximate surface area is 373 Å². The summed E-state index contributed by atoms with van der Waals surface area (Å²) in [6.07, 6.45) is 51.2. The molecule has 2 unspecified atom stereocenters. The van der Waals surface area contributed by atoms with Gasteiger partial charge in [-0.25, -0.2) is 4.57 Å². The van der Waals surface area contributed by atoms with Gasteiger partial charge in [-0.2, -0.15) is 0 Å². The van der Waals surface area contributed by atoms with Crippen LogP contribution in [0.15, 0.2) is 12.2 Å². The van der Waals surface area contributed by atoms with Gasteiger partial charge in [0.2, 0.25) is 0 Å². The van der Waals surface area contributed by atoms with Crippen molar-refractivity contribution < 1.29 is 37.3 Å². The Morgan fingerprint density at radius 1 is 0.500 bits per heavy atom. The number of phosphoric ester groups is 1. The quantitative estimate of drug-likeness (QED) is 0.0214. The lowest BCUT2D eigenvalue weighted by atomic mass is 10.0. The number of nitrogens with zero attached hydrogens (tertiary/aromatic N) is 1. The fourth-order valence-electron chi connectivity index (χ4n) is 7.55. The van der Waals surface area contributed by atoms with Crippen molar-refractivity contribution in [3.8, 4) is 0 Å². The van der Waals surface area contributed by atoms with Crippen molar-refractivity contribution in [3.63, 3.8) is 0 Å². The molecule has 0 rings (SSSR count). The summed E-state index contributed by atoms with van der Waals surface area (Å²) in [5, 5.41) is 0. The highest BCUT2D eigenvalue weighted by molar-refractivity contribution is 7.47. The molecule has 0 aliphatic rings. The molecule has 8 nitrogen and oxygen atoms in total. The van der Waals surface area contributed by atoms with E-state index in [9.17, 15) is 14.3 Å². The Kier molecular flexibility index (Phi) is 44.3. The molecule has 2 atom stereocenters. The summed E-state index contributed by atoms with van der Waals surface area (Å²) >= 11 is 0. The van der Waals surface area contributed by atoms with Gasteiger partial charge in [0.15, 0.2) is 0 Å². The van der Waals surface area contributed by atoms with Gasteiger partial charge in [-0.1, -0.05) is 219 Å². The molecule has 0 saturated heterocycles. The Bertz CT molecular complexity index is 972. The molecule has 0 heterocycles. The number of ether oxygens (including phenoxy) is 2. The van der Waals surface area contributed by atoms with Gasteiger partial charge in [0, 0.05) is 13.0 Å². The molecule has 0 bridgehead atoms. The molecule has 358 valence electrons. The van der Waals surface area contributed by atoms with Crippen LogP contribution < -0.4 is 0 Å². The van der Waals surface area contributed by atoms with E-state index in [1.54, 1.807) is 0 Å². The van der Waals surface area contributed by atoms with E-state index in [0.717, 1.165) is 38.5 Å². The van der Waals surface area contributed by atoms with E-state index in [1.165, 1.54) is 193 Å². The van der Waals surface area contributed by atoms with Crippen LogP contribution in [0.2, 0.25) is 0 Å². The number of hydrogen-bond donors (Lipinski definition) is 1. The molecule has 0 radical (unpaired) electrons. The number of carbonyl (C=O) groups excluding carboxylic acids is 1. The minimum absolute atomic E-state index is 0.0905. The largest absolute Gasteiger partial charge is 0.472 e. The first-order chi connectivity index (χ1) is 29.1. The number of phosphoric acid groups is 1. The summed E-state index contributed by atoms with van der Waals surface area (Å²) in [4.78, 5) is 23.0. The normalized spacial score (nSPS) is 13.6. The maximum atomic E-state index is 12.7. The predicted molar refractivity (Wildman–Crippen MR) is 257 cm³/mol. The summed E-state index contributed by atoms with van der Waals surface area (Å²) in [6, 6.07) is 0. The van der Waals surface area contributed by atoms with Crippen LogP contribution in [-0.4, -0.2) is 75.6 Å². The van der Waals surface area contributed by atoms with E-state index in [4.69, 9.17) is 18.5 Å². The van der Waals surface area contributed by atoms with E-state index in [2.05, 4.69) is 26.0 Å². The fraction of sp³-hybridized carbons (Fsp3) is 0.941. The molecule has 0 saturated carbocycles. The molecule has 0 aliphatic carbocycles. The molecular formula is C51H103NO7P+. The minimum atomic E-state index is -4.28. The first-order valence-corrected chi connectivity index (χ1v) is 27.4. The highest BCUT2D eigenvalue weighted by Gasteiger charge is 2.26. The van der Waals surface area contributed by atoms with Crippen molar-refractivity contribution in [2.24, 2.45) is 0 Å². The molecule has 0 aromatic rings. The van der Waals surface area contributed by atoms with Crippen molar-refractivity contribution >= 4 is 13.8 Å². The number of hydrogen-bond acceptors (Lipinski definition) is 6.